The van der Waals surface area contributed by atoms with E-state index in [0.717, 1.165) is 106 Å². The molecule has 5 heterocycles. The summed E-state index contributed by atoms with van der Waals surface area (Å²) in [5.74, 6) is 2.66. The highest BCUT2D eigenvalue weighted by Crippen LogP contribution is 2.42. The molecule has 4 aromatic heterocycles. The monoisotopic (exact) mass is 1510 g/mol. The van der Waals surface area contributed by atoms with E-state index < -0.39 is 31.8 Å². The van der Waals surface area contributed by atoms with Gasteiger partial charge >= 0.3 is 15.7 Å². The second-order valence-electron chi connectivity index (χ2n) is 25.9. The summed E-state index contributed by atoms with van der Waals surface area (Å²) in [7, 11) is -1.52. The van der Waals surface area contributed by atoms with Crippen LogP contribution in [0.25, 0.3) is 117 Å². The summed E-state index contributed by atoms with van der Waals surface area (Å²) in [5, 5.41) is 24.2. The van der Waals surface area contributed by atoms with Gasteiger partial charge in [0.15, 0.2) is 0 Å². The SMILES string of the molecule is CC1(C)OB(c2cccc3c2nc(-c2ccccc2)n3-c2ccccc2)OC1(C)C.CCOP(OCC)OCC.O=[N+]([O-])c1ccccc1-c1cccc2c1nc(-c1ccccc1)n2-c1ccccc1.O=[N+]([O-])c1ccccc1Br.c1ccc(-c2nc3c4c(ccc3n2-c2ccccc2)[nH]c2ccccc24)cc1. The third kappa shape index (κ3) is 16.1. The van der Waals surface area contributed by atoms with Gasteiger partial charge < -0.3 is 27.9 Å². The quantitative estimate of drug-likeness (QED) is 0.0416. The molecule has 16 aromatic rings. The molecule has 17 rings (SSSR count). The number of hydrogen-bond acceptors (Lipinski definition) is 12. The van der Waals surface area contributed by atoms with Crippen molar-refractivity contribution in [3.05, 3.63) is 328 Å². The maximum Gasteiger partial charge on any atom is 0.497 e. The normalized spacial score (nSPS) is 12.8. The number of imidazole rings is 3. The summed E-state index contributed by atoms with van der Waals surface area (Å²) < 4.78 is 35.2. The number of hydrogen-bond donors (Lipinski definition) is 1. The Morgan fingerprint density at radius 1 is 0.417 bits per heavy atom. The van der Waals surface area contributed by atoms with E-state index in [4.69, 9.17) is 37.8 Å². The molecule has 1 aliphatic rings. The lowest BCUT2D eigenvalue weighted by atomic mass is 9.78. The largest absolute Gasteiger partial charge is 0.497 e. The Morgan fingerprint density at radius 3 is 1.26 bits per heavy atom. The van der Waals surface area contributed by atoms with E-state index in [1.807, 2.05) is 154 Å². The molecule has 18 nitrogen and oxygen atoms in total. The lowest BCUT2D eigenvalue weighted by Crippen LogP contribution is -2.41. The minimum atomic E-state index is -1.06. The number of benzene rings is 12. The van der Waals surface area contributed by atoms with Gasteiger partial charge in [0, 0.05) is 78.7 Å². The van der Waals surface area contributed by atoms with E-state index in [0.29, 0.717) is 29.9 Å². The minimum absolute atomic E-state index is 0.0699. The molecule has 0 spiro atoms. The van der Waals surface area contributed by atoms with E-state index in [2.05, 4.69) is 190 Å². The maximum atomic E-state index is 11.6. The maximum absolute atomic E-state index is 11.6. The Bertz CT molecular complexity index is 5720. The van der Waals surface area contributed by atoms with Crippen LogP contribution in [-0.4, -0.2) is 81.6 Å². The Kier molecular flexibility index (Phi) is 23.4. The fourth-order valence-corrected chi connectivity index (χ4v) is 14.1. The first kappa shape index (κ1) is 74.7. The van der Waals surface area contributed by atoms with Gasteiger partial charge in [0.05, 0.1) is 84.0 Å². The van der Waals surface area contributed by atoms with Crippen LogP contribution in [0.4, 0.5) is 11.4 Å². The number of aromatic nitrogens is 7. The molecule has 540 valence electrons. The molecule has 0 radical (unpaired) electrons. The minimum Gasteiger partial charge on any atom is -0.399 e. The van der Waals surface area contributed by atoms with Crippen LogP contribution in [0.15, 0.2) is 308 Å². The Hall–Kier alpha value is -11.6. The summed E-state index contributed by atoms with van der Waals surface area (Å²) in [6.07, 6.45) is 0. The number of halogens is 1. The molecule has 0 amide bonds. The van der Waals surface area contributed by atoms with E-state index in [-0.39, 0.29) is 16.3 Å². The van der Waals surface area contributed by atoms with Gasteiger partial charge in [-0.25, -0.2) is 15.0 Å². The summed E-state index contributed by atoms with van der Waals surface area (Å²) >= 11 is 3.06. The summed E-state index contributed by atoms with van der Waals surface area (Å²) in [5.41, 5.74) is 15.9. The molecular formula is C87H78BBrN9O9P. The smallest absolute Gasteiger partial charge is 0.399 e. The number of nitrogens with zero attached hydrogens (tertiary/aromatic N) is 8. The number of fused-ring (bicyclic) bond motifs is 7. The van der Waals surface area contributed by atoms with E-state index in [1.54, 1.807) is 30.3 Å². The van der Waals surface area contributed by atoms with Crippen molar-refractivity contribution >= 4 is 103 Å². The average Bonchev–Trinajstić information content (AvgIpc) is 1.58. The van der Waals surface area contributed by atoms with Crippen molar-refractivity contribution in [3.63, 3.8) is 0 Å². The predicted octanol–water partition coefficient (Wildman–Crippen LogP) is 22.3. The highest BCUT2D eigenvalue weighted by atomic mass is 79.9. The highest BCUT2D eigenvalue weighted by Gasteiger charge is 2.52. The average molecular weight is 1520 g/mol. The fourth-order valence-electron chi connectivity index (χ4n) is 12.8. The summed E-state index contributed by atoms with van der Waals surface area (Å²) in [4.78, 5) is 39.8. The van der Waals surface area contributed by atoms with Crippen LogP contribution in [0.2, 0.25) is 0 Å². The predicted molar refractivity (Wildman–Crippen MR) is 439 cm³/mol. The van der Waals surface area contributed by atoms with Crippen LogP contribution >= 0.6 is 24.5 Å². The van der Waals surface area contributed by atoms with Gasteiger partial charge in [-0.15, -0.1) is 0 Å². The summed E-state index contributed by atoms with van der Waals surface area (Å²) in [6.45, 7) is 16.0. The van der Waals surface area contributed by atoms with Crippen molar-refractivity contribution in [1.29, 1.82) is 0 Å². The molecule has 1 fully saturated rings. The zero-order chi connectivity index (χ0) is 75.3. The molecule has 1 N–H and O–H groups in total. The molecule has 108 heavy (non-hydrogen) atoms. The molecule has 0 aliphatic carbocycles. The zero-order valence-corrected chi connectivity index (χ0v) is 63.1. The number of H-pyrrole nitrogens is 1. The number of para-hydroxylation sites is 8. The Balaban J connectivity index is 0.000000127. The lowest BCUT2D eigenvalue weighted by molar-refractivity contribution is -0.385. The van der Waals surface area contributed by atoms with Crippen LogP contribution in [0.5, 0.6) is 0 Å². The third-order valence-electron chi connectivity index (χ3n) is 18.5. The number of rotatable bonds is 16. The molecule has 0 unspecified atom stereocenters. The summed E-state index contributed by atoms with van der Waals surface area (Å²) in [6, 6.07) is 99.5. The van der Waals surface area contributed by atoms with Gasteiger partial charge in [0.2, 0.25) is 0 Å². The molecule has 21 heteroatoms. The molecule has 0 saturated carbocycles. The van der Waals surface area contributed by atoms with Crippen molar-refractivity contribution in [1.82, 2.24) is 33.6 Å². The Morgan fingerprint density at radius 2 is 0.796 bits per heavy atom. The number of nitrogens with one attached hydrogen (secondary N) is 1. The Labute approximate surface area is 635 Å². The van der Waals surface area contributed by atoms with Crippen molar-refractivity contribution in [2.75, 3.05) is 19.8 Å². The van der Waals surface area contributed by atoms with Crippen LogP contribution in [0.1, 0.15) is 48.5 Å². The van der Waals surface area contributed by atoms with Crippen LogP contribution in [0.3, 0.4) is 0 Å². The zero-order valence-electron chi connectivity index (χ0n) is 60.6. The van der Waals surface area contributed by atoms with Crippen LogP contribution in [-0.2, 0) is 22.9 Å². The highest BCUT2D eigenvalue weighted by molar-refractivity contribution is 9.10. The number of aromatic amines is 1. The van der Waals surface area contributed by atoms with Crippen molar-refractivity contribution in [3.8, 4) is 62.4 Å². The van der Waals surface area contributed by atoms with Gasteiger partial charge in [-0.05, 0) is 143 Å². The van der Waals surface area contributed by atoms with E-state index >= 15 is 0 Å². The lowest BCUT2D eigenvalue weighted by Gasteiger charge is -2.32. The first-order valence-electron chi connectivity index (χ1n) is 35.5. The van der Waals surface area contributed by atoms with E-state index in [9.17, 15) is 20.2 Å². The molecule has 1 aliphatic heterocycles. The fraction of sp³-hybridized carbons (Fsp3) is 0.138. The van der Waals surface area contributed by atoms with Crippen molar-refractivity contribution < 1.29 is 32.7 Å². The van der Waals surface area contributed by atoms with Crippen LogP contribution in [0, 0.1) is 20.2 Å². The first-order chi connectivity index (χ1) is 52.6. The second-order valence-corrected chi connectivity index (χ2v) is 28.0. The van der Waals surface area contributed by atoms with Gasteiger partial charge in [-0.3, -0.25) is 33.9 Å². The molecule has 0 atom stereocenters. The molecule has 0 bridgehead atoms. The van der Waals surface area contributed by atoms with Gasteiger partial charge in [-0.1, -0.05) is 212 Å². The first-order valence-corrected chi connectivity index (χ1v) is 37.4. The number of nitro benzene ring substituents is 2. The molecule has 1 saturated heterocycles. The van der Waals surface area contributed by atoms with Crippen molar-refractivity contribution in [2.45, 2.75) is 59.7 Å². The van der Waals surface area contributed by atoms with Gasteiger partial charge in [0.25, 0.3) is 11.4 Å². The van der Waals surface area contributed by atoms with Gasteiger partial charge in [0.1, 0.15) is 17.5 Å². The third-order valence-corrected chi connectivity index (χ3v) is 20.6. The molecular weight excluding hydrogens is 1440 g/mol. The van der Waals surface area contributed by atoms with Crippen molar-refractivity contribution in [2.24, 2.45) is 0 Å². The van der Waals surface area contributed by atoms with E-state index in [1.165, 1.54) is 22.9 Å². The molecule has 12 aromatic carbocycles. The number of nitro groups is 2. The topological polar surface area (TPSA) is 202 Å². The second kappa shape index (κ2) is 33.9. The standard InChI is InChI=1S/C25H25BN2O2.C25H17N3O2.C25H17N3.C6H4BrNO2.C6H15O3P/c1-24(2)25(3,4)30-26(29-24)20-16-11-17-21-22(20)27-23(18-12-7-5-8-13-18)28(21)19-14-9-6-10-15-19;29-28(30)22-16-8-7-14-20(22)21-15-9-17-23-24(21)26-25(18-10-3-1-4-11-18)27(23)19-12-5-2-6-13-19;1-3-9-17(10-4-1)25-27-24-22(28(25)18-11-5-2-6-12-18)16-15-21-23(24)19-13-7-8-14-20(19)26-21;7-5-3-1-2-4-6(5)8(9)10;1-4-7-10(8-5-2)9-6-3/h5-17H,1-4H3;1-17H;1-16,26H;1-4H;4-6H2,1-3H3. The van der Waals surface area contributed by atoms with Crippen LogP contribution < -0.4 is 5.46 Å². The van der Waals surface area contributed by atoms with Gasteiger partial charge in [-0.2, -0.15) is 0 Å².